The lowest BCUT2D eigenvalue weighted by Gasteiger charge is -1.98. The molecule has 2 heterocycles. The molecular formula is C11H6N3. The summed E-state index contributed by atoms with van der Waals surface area (Å²) in [5.41, 5.74) is 2.08. The van der Waals surface area contributed by atoms with E-state index in [1.807, 2.05) is 24.3 Å². The molecule has 0 bridgehead atoms. The number of pyridine rings is 2. The maximum absolute atomic E-state index is 8.67. The third kappa shape index (κ3) is 1.59. The molecule has 0 spiro atoms. The topological polar surface area (TPSA) is 49.6 Å². The minimum atomic E-state index is 0.396. The molecule has 0 saturated heterocycles. The molecule has 0 aliphatic rings. The Hall–Kier alpha value is -2.21. The number of aromatic nitrogens is 2. The minimum Gasteiger partial charge on any atom is -0.246 e. The van der Waals surface area contributed by atoms with Gasteiger partial charge in [-0.2, -0.15) is 5.26 Å². The number of nitriles is 1. The summed E-state index contributed by atoms with van der Waals surface area (Å²) < 4.78 is 0. The lowest BCUT2D eigenvalue weighted by molar-refractivity contribution is 1.24. The monoisotopic (exact) mass is 180 g/mol. The molecule has 1 radical (unpaired) electrons. The molecule has 14 heavy (non-hydrogen) atoms. The molecule has 0 aromatic carbocycles. The average molecular weight is 180 g/mol. The predicted molar refractivity (Wildman–Crippen MR) is 51.0 cm³/mol. The third-order valence-corrected chi connectivity index (χ3v) is 1.78. The number of nitrogens with zero attached hydrogens (tertiary/aromatic N) is 3. The quantitative estimate of drug-likeness (QED) is 0.672. The maximum atomic E-state index is 8.67. The molecule has 0 unspecified atom stereocenters. The van der Waals surface area contributed by atoms with Crippen molar-refractivity contribution in [2.45, 2.75) is 0 Å². The fourth-order valence-corrected chi connectivity index (χ4v) is 1.14. The molecule has 0 fully saturated rings. The third-order valence-electron chi connectivity index (χ3n) is 1.78. The van der Waals surface area contributed by atoms with Crippen LogP contribution in [-0.2, 0) is 0 Å². The Morgan fingerprint density at radius 1 is 1.36 bits per heavy atom. The van der Waals surface area contributed by atoms with E-state index in [0.29, 0.717) is 5.69 Å². The van der Waals surface area contributed by atoms with Gasteiger partial charge >= 0.3 is 0 Å². The highest BCUT2D eigenvalue weighted by atomic mass is 14.7. The summed E-state index contributed by atoms with van der Waals surface area (Å²) in [5, 5.41) is 8.67. The van der Waals surface area contributed by atoms with Crippen LogP contribution in [0.15, 0.2) is 36.5 Å². The second kappa shape index (κ2) is 3.67. The fraction of sp³-hybridized carbons (Fsp3) is 0. The SMILES string of the molecule is N#Cc1cc(-c2ccc[c]n2)ccn1. The van der Waals surface area contributed by atoms with Gasteiger partial charge in [-0.05, 0) is 24.3 Å². The summed E-state index contributed by atoms with van der Waals surface area (Å²) in [5.74, 6) is 0. The van der Waals surface area contributed by atoms with E-state index in [1.54, 1.807) is 18.3 Å². The van der Waals surface area contributed by atoms with Gasteiger partial charge in [0.25, 0.3) is 0 Å². The Balaban J connectivity index is 2.49. The van der Waals surface area contributed by atoms with Gasteiger partial charge in [-0.15, -0.1) is 0 Å². The molecule has 0 aliphatic carbocycles. The van der Waals surface area contributed by atoms with Gasteiger partial charge in [0.2, 0.25) is 0 Å². The second-order valence-corrected chi connectivity index (χ2v) is 2.69. The van der Waals surface area contributed by atoms with Gasteiger partial charge in [0.1, 0.15) is 11.8 Å². The molecule has 3 heteroatoms. The summed E-state index contributed by atoms with van der Waals surface area (Å²) in [6.45, 7) is 0. The van der Waals surface area contributed by atoms with Crippen LogP contribution in [0.25, 0.3) is 11.3 Å². The van der Waals surface area contributed by atoms with Gasteiger partial charge in [0.05, 0.1) is 11.9 Å². The summed E-state index contributed by atoms with van der Waals surface area (Å²) >= 11 is 0. The van der Waals surface area contributed by atoms with Gasteiger partial charge in [-0.3, -0.25) is 0 Å². The molecule has 0 N–H and O–H groups in total. The molecule has 0 aliphatic heterocycles. The van der Waals surface area contributed by atoms with E-state index in [0.717, 1.165) is 11.3 Å². The predicted octanol–water partition coefficient (Wildman–Crippen LogP) is 1.82. The lowest BCUT2D eigenvalue weighted by atomic mass is 10.1. The fourth-order valence-electron chi connectivity index (χ4n) is 1.14. The number of hydrogen-bond donors (Lipinski definition) is 0. The van der Waals surface area contributed by atoms with Crippen LogP contribution in [0.2, 0.25) is 0 Å². The molecule has 0 atom stereocenters. The summed E-state index contributed by atoms with van der Waals surface area (Å²) in [6.07, 6.45) is 4.34. The Bertz CT molecular complexity index is 471. The summed E-state index contributed by atoms with van der Waals surface area (Å²) in [4.78, 5) is 7.95. The summed E-state index contributed by atoms with van der Waals surface area (Å²) in [7, 11) is 0. The highest BCUT2D eigenvalue weighted by molar-refractivity contribution is 5.59. The summed E-state index contributed by atoms with van der Waals surface area (Å²) in [6, 6.07) is 11.0. The Labute approximate surface area is 81.7 Å². The van der Waals surface area contributed by atoms with Gasteiger partial charge in [0.15, 0.2) is 0 Å². The van der Waals surface area contributed by atoms with Crippen LogP contribution in [0.5, 0.6) is 0 Å². The van der Waals surface area contributed by atoms with Crippen LogP contribution >= 0.6 is 0 Å². The van der Waals surface area contributed by atoms with Gasteiger partial charge in [0, 0.05) is 11.8 Å². The van der Waals surface area contributed by atoms with Crippen LogP contribution in [0.4, 0.5) is 0 Å². The van der Waals surface area contributed by atoms with Crippen LogP contribution in [0.1, 0.15) is 5.69 Å². The van der Waals surface area contributed by atoms with Crippen molar-refractivity contribution in [3.05, 3.63) is 48.4 Å². The maximum Gasteiger partial charge on any atom is 0.141 e. The van der Waals surface area contributed by atoms with E-state index in [2.05, 4.69) is 16.2 Å². The van der Waals surface area contributed by atoms with E-state index in [-0.39, 0.29) is 0 Å². The normalized spacial score (nSPS) is 9.36. The first-order valence-corrected chi connectivity index (χ1v) is 4.10. The van der Waals surface area contributed by atoms with E-state index in [9.17, 15) is 0 Å². The van der Waals surface area contributed by atoms with Crippen molar-refractivity contribution in [3.8, 4) is 17.3 Å². The number of rotatable bonds is 1. The Morgan fingerprint density at radius 3 is 3.00 bits per heavy atom. The first kappa shape index (κ1) is 8.39. The zero-order valence-corrected chi connectivity index (χ0v) is 7.31. The van der Waals surface area contributed by atoms with Crippen molar-refractivity contribution in [1.82, 2.24) is 9.97 Å². The Kier molecular flexibility index (Phi) is 2.20. The van der Waals surface area contributed by atoms with Crippen LogP contribution in [-0.4, -0.2) is 9.97 Å². The van der Waals surface area contributed by atoms with Crippen molar-refractivity contribution in [2.75, 3.05) is 0 Å². The standard InChI is InChI=1S/C11H6N3/c12-8-10-7-9(4-6-13-10)11-3-1-2-5-14-11/h1-4,6-7H. The molecular weight excluding hydrogens is 174 g/mol. The molecule has 65 valence electrons. The van der Waals surface area contributed by atoms with Gasteiger partial charge in [-0.25, -0.2) is 9.97 Å². The smallest absolute Gasteiger partial charge is 0.141 e. The lowest BCUT2D eigenvalue weighted by Crippen LogP contribution is -1.86. The second-order valence-electron chi connectivity index (χ2n) is 2.69. The first-order valence-electron chi connectivity index (χ1n) is 4.10. The average Bonchev–Trinajstić information content (AvgIpc) is 2.30. The highest BCUT2D eigenvalue weighted by Gasteiger charge is 1.99. The van der Waals surface area contributed by atoms with Crippen LogP contribution in [0.3, 0.4) is 0 Å². The molecule has 0 amide bonds. The zero-order chi connectivity index (χ0) is 9.80. The van der Waals surface area contributed by atoms with Crippen molar-refractivity contribution in [2.24, 2.45) is 0 Å². The molecule has 2 aromatic heterocycles. The highest BCUT2D eigenvalue weighted by Crippen LogP contribution is 2.15. The first-order chi connectivity index (χ1) is 6.90. The van der Waals surface area contributed by atoms with Gasteiger partial charge in [-0.1, -0.05) is 6.07 Å². The van der Waals surface area contributed by atoms with Crippen molar-refractivity contribution < 1.29 is 0 Å². The molecule has 2 aromatic rings. The largest absolute Gasteiger partial charge is 0.246 e. The van der Waals surface area contributed by atoms with E-state index in [1.165, 1.54) is 0 Å². The van der Waals surface area contributed by atoms with E-state index >= 15 is 0 Å². The number of hydrogen-bond acceptors (Lipinski definition) is 3. The molecule has 3 nitrogen and oxygen atoms in total. The Morgan fingerprint density at radius 2 is 2.29 bits per heavy atom. The minimum absolute atomic E-state index is 0.396. The van der Waals surface area contributed by atoms with Crippen molar-refractivity contribution >= 4 is 0 Å². The van der Waals surface area contributed by atoms with Crippen LogP contribution < -0.4 is 0 Å². The van der Waals surface area contributed by atoms with E-state index < -0.39 is 0 Å². The van der Waals surface area contributed by atoms with E-state index in [4.69, 9.17) is 5.26 Å². The van der Waals surface area contributed by atoms with Crippen molar-refractivity contribution in [1.29, 1.82) is 5.26 Å². The molecule has 2 rings (SSSR count). The molecule has 0 saturated carbocycles. The van der Waals surface area contributed by atoms with Crippen LogP contribution in [0, 0.1) is 17.5 Å². The van der Waals surface area contributed by atoms with Gasteiger partial charge < -0.3 is 0 Å². The van der Waals surface area contributed by atoms with Crippen molar-refractivity contribution in [3.63, 3.8) is 0 Å². The zero-order valence-electron chi connectivity index (χ0n) is 7.31.